The second kappa shape index (κ2) is 12.4. The molecule has 0 aliphatic carbocycles. The molecule has 5 aromatic rings. The van der Waals surface area contributed by atoms with Crippen molar-refractivity contribution in [2.75, 3.05) is 0 Å². The van der Waals surface area contributed by atoms with Gasteiger partial charge in [0.15, 0.2) is 0 Å². The summed E-state index contributed by atoms with van der Waals surface area (Å²) in [4.78, 5) is 0.642. The highest BCUT2D eigenvalue weighted by molar-refractivity contribution is 7.91. The van der Waals surface area contributed by atoms with Crippen LogP contribution in [0, 0.1) is 0 Å². The van der Waals surface area contributed by atoms with E-state index < -0.39 is 19.7 Å². The van der Waals surface area contributed by atoms with Crippen molar-refractivity contribution >= 4 is 19.7 Å². The van der Waals surface area contributed by atoms with Crippen LogP contribution in [0.2, 0.25) is 0 Å². The number of benzene rings is 5. The lowest BCUT2D eigenvalue weighted by Gasteiger charge is -2.21. The summed E-state index contributed by atoms with van der Waals surface area (Å²) in [6, 6.07) is 33.6. The van der Waals surface area contributed by atoms with Gasteiger partial charge in [0.1, 0.15) is 22.8 Å². The van der Waals surface area contributed by atoms with E-state index in [9.17, 15) is 16.8 Å². The Morgan fingerprint density at radius 1 is 0.413 bits per heavy atom. The van der Waals surface area contributed by atoms with Crippen LogP contribution in [0.3, 0.4) is 0 Å². The molecule has 0 heterocycles. The normalized spacial score (nSPS) is 12.5. The predicted octanol–water partition coefficient (Wildman–Crippen LogP) is 9.29. The Morgan fingerprint density at radius 3 is 1.04 bits per heavy atom. The van der Waals surface area contributed by atoms with E-state index in [4.69, 9.17) is 9.47 Å². The van der Waals surface area contributed by atoms with Crippen molar-refractivity contribution in [2.24, 2.45) is 0 Å². The van der Waals surface area contributed by atoms with Crippen molar-refractivity contribution in [3.8, 4) is 28.4 Å². The lowest BCUT2D eigenvalue weighted by Crippen LogP contribution is -2.22. The Hall–Kier alpha value is -4.40. The zero-order chi connectivity index (χ0) is 33.3. The molecule has 0 N–H and O–H groups in total. The molecule has 0 aliphatic rings. The number of sulfone groups is 2. The first-order valence-electron chi connectivity index (χ1n) is 14.9. The lowest BCUT2D eigenvalue weighted by atomic mass is 9.87. The van der Waals surface area contributed by atoms with Crippen molar-refractivity contribution in [1.82, 2.24) is 0 Å². The molecule has 0 saturated carbocycles. The van der Waals surface area contributed by atoms with Crippen LogP contribution >= 0.6 is 0 Å². The van der Waals surface area contributed by atoms with Crippen molar-refractivity contribution in [2.45, 2.75) is 72.1 Å². The second-order valence-corrected chi connectivity index (χ2v) is 17.0. The van der Waals surface area contributed by atoms with Gasteiger partial charge in [0, 0.05) is 0 Å². The highest BCUT2D eigenvalue weighted by Gasteiger charge is 2.21. The highest BCUT2D eigenvalue weighted by Crippen LogP contribution is 2.31. The van der Waals surface area contributed by atoms with Gasteiger partial charge in [-0.05, 0) is 128 Å². The first-order chi connectivity index (χ1) is 21.5. The van der Waals surface area contributed by atoms with E-state index in [1.165, 1.54) is 29.8 Å². The van der Waals surface area contributed by atoms with E-state index in [1.807, 2.05) is 45.0 Å². The third-order valence-electron chi connectivity index (χ3n) is 7.31. The van der Waals surface area contributed by atoms with Crippen LogP contribution < -0.4 is 9.47 Å². The molecule has 46 heavy (non-hydrogen) atoms. The fourth-order valence-electron chi connectivity index (χ4n) is 4.81. The van der Waals surface area contributed by atoms with Crippen molar-refractivity contribution in [3.05, 3.63) is 127 Å². The molecular formula is C38H38O6S2. The van der Waals surface area contributed by atoms with Crippen molar-refractivity contribution < 1.29 is 26.3 Å². The van der Waals surface area contributed by atoms with Gasteiger partial charge in [0.05, 0.1) is 19.6 Å². The average Bonchev–Trinajstić information content (AvgIpc) is 3.01. The molecule has 0 aromatic heterocycles. The summed E-state index contributed by atoms with van der Waals surface area (Å²) < 4.78 is 64.8. The minimum Gasteiger partial charge on any atom is -0.488 e. The number of ether oxygens (including phenoxy) is 2. The molecule has 0 atom stereocenters. The van der Waals surface area contributed by atoms with Crippen molar-refractivity contribution in [1.29, 1.82) is 0 Å². The Morgan fingerprint density at radius 2 is 0.717 bits per heavy atom. The number of rotatable bonds is 8. The molecule has 238 valence electrons. The van der Waals surface area contributed by atoms with E-state index in [0.29, 0.717) is 17.2 Å². The van der Waals surface area contributed by atoms with E-state index in [2.05, 4.69) is 20.8 Å². The third-order valence-corrected chi connectivity index (χ3v) is 10.9. The fourth-order valence-corrected chi connectivity index (χ4v) is 7.33. The molecule has 0 aliphatic heterocycles. The maximum Gasteiger partial charge on any atom is 0.206 e. The third kappa shape index (κ3) is 7.52. The quantitative estimate of drug-likeness (QED) is 0.166. The summed E-state index contributed by atoms with van der Waals surface area (Å²) >= 11 is 0. The average molecular weight is 655 g/mol. The van der Waals surface area contributed by atoms with Gasteiger partial charge >= 0.3 is 0 Å². The van der Waals surface area contributed by atoms with Gasteiger partial charge in [-0.2, -0.15) is 0 Å². The molecular weight excluding hydrogens is 617 g/mol. The first-order valence-corrected chi connectivity index (χ1v) is 17.9. The Labute approximate surface area is 272 Å². The van der Waals surface area contributed by atoms with Gasteiger partial charge in [0.25, 0.3) is 0 Å². The Balaban J connectivity index is 1.27. The summed E-state index contributed by atoms with van der Waals surface area (Å²) in [5.41, 5.74) is 2.36. The minimum atomic E-state index is -3.76. The zero-order valence-corrected chi connectivity index (χ0v) is 28.4. The minimum absolute atomic E-state index is 0.0386. The van der Waals surface area contributed by atoms with Gasteiger partial charge < -0.3 is 9.47 Å². The molecule has 0 saturated heterocycles. The molecule has 5 aromatic carbocycles. The lowest BCUT2D eigenvalue weighted by molar-refractivity contribution is 0.131. The largest absolute Gasteiger partial charge is 0.488 e. The molecule has 0 spiro atoms. The van der Waals surface area contributed by atoms with E-state index >= 15 is 0 Å². The van der Waals surface area contributed by atoms with E-state index in [1.54, 1.807) is 72.8 Å². The predicted molar refractivity (Wildman–Crippen MR) is 181 cm³/mol. The van der Waals surface area contributed by atoms with Gasteiger partial charge in [-0.3, -0.25) is 0 Å². The maximum absolute atomic E-state index is 13.3. The van der Waals surface area contributed by atoms with Crippen molar-refractivity contribution in [3.63, 3.8) is 0 Å². The topological polar surface area (TPSA) is 86.7 Å². The standard InChI is InChI=1S/C38H38O6S2/c1-37(2,3)29-11-13-30(14-12-29)43-31-15-23-35(24-16-31)45(39,40)33-19-7-27(8-20-33)28-9-21-34(22-10-28)46(41,42)36-25-17-32(18-26-36)44-38(4,5)6/h7-26H,1-6H3. The molecule has 0 radical (unpaired) electrons. The molecule has 0 bridgehead atoms. The maximum atomic E-state index is 13.3. The van der Waals surface area contributed by atoms with E-state index in [0.717, 1.165) is 11.1 Å². The van der Waals surface area contributed by atoms with Crippen LogP contribution in [-0.2, 0) is 25.1 Å². The van der Waals surface area contributed by atoms with Crippen LogP contribution in [0.1, 0.15) is 47.1 Å². The summed E-state index contributed by atoms with van der Waals surface area (Å²) in [7, 11) is -7.49. The Bertz CT molecular complexity index is 2020. The van der Waals surface area contributed by atoms with Gasteiger partial charge in [-0.25, -0.2) is 16.8 Å². The van der Waals surface area contributed by atoms with Crippen LogP contribution in [0.15, 0.2) is 141 Å². The molecule has 8 heteroatoms. The van der Waals surface area contributed by atoms with Crippen LogP contribution in [0.4, 0.5) is 0 Å². The zero-order valence-electron chi connectivity index (χ0n) is 26.8. The van der Waals surface area contributed by atoms with E-state index in [-0.39, 0.29) is 30.6 Å². The SMILES string of the molecule is CC(C)(C)Oc1ccc(S(=O)(=O)c2ccc(-c3ccc(S(=O)(=O)c4ccc(Oc5ccc(C(C)(C)C)cc5)cc4)cc3)cc2)cc1. The summed E-state index contributed by atoms with van der Waals surface area (Å²) in [5.74, 6) is 1.80. The second-order valence-electron chi connectivity index (χ2n) is 13.1. The number of hydrogen-bond donors (Lipinski definition) is 0. The smallest absolute Gasteiger partial charge is 0.206 e. The fraction of sp³-hybridized carbons (Fsp3) is 0.211. The molecule has 0 fully saturated rings. The van der Waals surface area contributed by atoms with Gasteiger partial charge in [0.2, 0.25) is 19.7 Å². The van der Waals surface area contributed by atoms with Gasteiger partial charge in [-0.15, -0.1) is 0 Å². The van der Waals surface area contributed by atoms with Crippen LogP contribution in [-0.4, -0.2) is 22.4 Å². The summed E-state index contributed by atoms with van der Waals surface area (Å²) in [5, 5.41) is 0. The summed E-state index contributed by atoms with van der Waals surface area (Å²) in [6.45, 7) is 12.2. The molecule has 6 nitrogen and oxygen atoms in total. The summed E-state index contributed by atoms with van der Waals surface area (Å²) in [6.07, 6.45) is 0. The van der Waals surface area contributed by atoms with Crippen LogP contribution in [0.25, 0.3) is 11.1 Å². The molecule has 0 amide bonds. The monoisotopic (exact) mass is 654 g/mol. The number of hydrogen-bond acceptors (Lipinski definition) is 6. The Kier molecular flexibility index (Phi) is 8.90. The highest BCUT2D eigenvalue weighted by atomic mass is 32.2. The van der Waals surface area contributed by atoms with Crippen LogP contribution in [0.5, 0.6) is 17.2 Å². The molecule has 0 unspecified atom stereocenters. The molecule has 5 rings (SSSR count). The first kappa shape index (κ1) is 33.0. The van der Waals surface area contributed by atoms with Gasteiger partial charge in [-0.1, -0.05) is 57.2 Å².